The second-order valence-corrected chi connectivity index (χ2v) is 4.95. The number of aliphatic hydroxyl groups excluding tert-OH is 1. The van der Waals surface area contributed by atoms with Gasteiger partial charge in [-0.2, -0.15) is 0 Å². The van der Waals surface area contributed by atoms with Crippen molar-refractivity contribution in [2.75, 3.05) is 0 Å². The second kappa shape index (κ2) is 4.06. The van der Waals surface area contributed by atoms with Crippen LogP contribution in [0.5, 0.6) is 0 Å². The monoisotopic (exact) mass is 313 g/mol. The van der Waals surface area contributed by atoms with Crippen LogP contribution in [0.25, 0.3) is 10.9 Å². The first-order valence-corrected chi connectivity index (χ1v) is 5.90. The van der Waals surface area contributed by atoms with E-state index in [2.05, 4.69) is 33.6 Å². The van der Waals surface area contributed by atoms with E-state index in [1.807, 2.05) is 25.1 Å². The van der Waals surface area contributed by atoms with E-state index in [-0.39, 0.29) is 0 Å². The van der Waals surface area contributed by atoms with Gasteiger partial charge < -0.3 is 5.11 Å². The minimum atomic E-state index is -0.507. The molecule has 78 valence electrons. The molecule has 2 nitrogen and oxygen atoms in total. The molecule has 0 radical (unpaired) electrons. The van der Waals surface area contributed by atoms with Crippen molar-refractivity contribution in [3.05, 3.63) is 39.1 Å². The van der Waals surface area contributed by atoms with Crippen molar-refractivity contribution in [2.45, 2.75) is 20.0 Å². The highest BCUT2D eigenvalue weighted by atomic mass is 127. The van der Waals surface area contributed by atoms with Crippen LogP contribution in [0.4, 0.5) is 0 Å². The maximum atomic E-state index is 9.50. The van der Waals surface area contributed by atoms with Gasteiger partial charge in [0.05, 0.1) is 17.3 Å². The molecule has 1 N–H and O–H groups in total. The summed E-state index contributed by atoms with van der Waals surface area (Å²) in [4.78, 5) is 4.42. The average molecular weight is 313 g/mol. The zero-order chi connectivity index (χ0) is 11.0. The van der Waals surface area contributed by atoms with Gasteiger partial charge in [0, 0.05) is 8.96 Å². The first kappa shape index (κ1) is 10.8. The van der Waals surface area contributed by atoms with Gasteiger partial charge in [-0.05, 0) is 66.3 Å². The van der Waals surface area contributed by atoms with Crippen LogP contribution in [0.1, 0.15) is 24.3 Å². The predicted molar refractivity (Wildman–Crippen MR) is 69.8 cm³/mol. The second-order valence-electron chi connectivity index (χ2n) is 3.70. The normalized spacial score (nSPS) is 13.1. The Balaban J connectivity index is 2.73. The molecule has 0 bridgehead atoms. The summed E-state index contributed by atoms with van der Waals surface area (Å²) < 4.78 is 1.20. The topological polar surface area (TPSA) is 33.1 Å². The van der Waals surface area contributed by atoms with Crippen LogP contribution >= 0.6 is 22.6 Å². The summed E-state index contributed by atoms with van der Waals surface area (Å²) in [7, 11) is 0. The van der Waals surface area contributed by atoms with Gasteiger partial charge in [-0.3, -0.25) is 4.98 Å². The van der Waals surface area contributed by atoms with E-state index in [0.29, 0.717) is 0 Å². The molecule has 1 aromatic carbocycles. The summed E-state index contributed by atoms with van der Waals surface area (Å²) in [5.74, 6) is 0. The summed E-state index contributed by atoms with van der Waals surface area (Å²) in [6, 6.07) is 8.09. The zero-order valence-corrected chi connectivity index (χ0v) is 10.8. The Morgan fingerprint density at radius 3 is 2.73 bits per heavy atom. The highest BCUT2D eigenvalue weighted by molar-refractivity contribution is 14.1. The minimum Gasteiger partial charge on any atom is -0.387 e. The largest absolute Gasteiger partial charge is 0.387 e. The van der Waals surface area contributed by atoms with Crippen LogP contribution < -0.4 is 0 Å². The Bertz CT molecular complexity index is 508. The molecule has 0 aliphatic heterocycles. The molecule has 0 fully saturated rings. The van der Waals surface area contributed by atoms with Gasteiger partial charge in [0.1, 0.15) is 0 Å². The van der Waals surface area contributed by atoms with E-state index in [4.69, 9.17) is 0 Å². The minimum absolute atomic E-state index is 0.507. The molecule has 2 rings (SSSR count). The van der Waals surface area contributed by atoms with Gasteiger partial charge in [-0.15, -0.1) is 0 Å². The quantitative estimate of drug-likeness (QED) is 0.820. The maximum Gasteiger partial charge on any atom is 0.0932 e. The maximum absolute atomic E-state index is 9.50. The molecule has 1 aromatic heterocycles. The standard InChI is InChI=1S/C12H12INO/c1-7-5-12(8(2)15)14-11-4-3-9(13)6-10(7)11/h3-6,8,15H,1-2H3. The highest BCUT2D eigenvalue weighted by Gasteiger charge is 2.06. The fourth-order valence-electron chi connectivity index (χ4n) is 1.61. The van der Waals surface area contributed by atoms with E-state index >= 15 is 0 Å². The van der Waals surface area contributed by atoms with E-state index in [0.717, 1.165) is 22.2 Å². The fourth-order valence-corrected chi connectivity index (χ4v) is 2.10. The molecule has 1 unspecified atom stereocenters. The molecule has 1 heterocycles. The molecule has 0 saturated carbocycles. The van der Waals surface area contributed by atoms with Crippen LogP contribution in [-0.4, -0.2) is 10.1 Å². The lowest BCUT2D eigenvalue weighted by Crippen LogP contribution is -1.97. The number of hydrogen-bond donors (Lipinski definition) is 1. The van der Waals surface area contributed by atoms with E-state index in [1.165, 1.54) is 3.57 Å². The summed E-state index contributed by atoms with van der Waals surface area (Å²) in [5, 5.41) is 10.7. The molecule has 3 heteroatoms. The summed E-state index contributed by atoms with van der Waals surface area (Å²) >= 11 is 2.29. The van der Waals surface area contributed by atoms with Crippen LogP contribution in [0, 0.1) is 10.5 Å². The lowest BCUT2D eigenvalue weighted by Gasteiger charge is -2.08. The molecular formula is C12H12INO. The van der Waals surface area contributed by atoms with Crippen molar-refractivity contribution in [1.82, 2.24) is 4.98 Å². The van der Waals surface area contributed by atoms with E-state index in [1.54, 1.807) is 6.92 Å². The van der Waals surface area contributed by atoms with Crippen LogP contribution in [0.3, 0.4) is 0 Å². The number of hydrogen-bond acceptors (Lipinski definition) is 2. The Morgan fingerprint density at radius 2 is 2.07 bits per heavy atom. The number of benzene rings is 1. The number of aryl methyl sites for hydroxylation is 1. The highest BCUT2D eigenvalue weighted by Crippen LogP contribution is 2.22. The smallest absolute Gasteiger partial charge is 0.0932 e. The van der Waals surface area contributed by atoms with Crippen LogP contribution in [-0.2, 0) is 0 Å². The molecule has 15 heavy (non-hydrogen) atoms. The molecule has 2 aromatic rings. The lowest BCUT2D eigenvalue weighted by molar-refractivity contribution is 0.194. The number of aliphatic hydroxyl groups is 1. The fraction of sp³-hybridized carbons (Fsp3) is 0.250. The number of nitrogens with zero attached hydrogens (tertiary/aromatic N) is 1. The third kappa shape index (κ3) is 2.13. The number of fused-ring (bicyclic) bond motifs is 1. The molecule has 0 amide bonds. The SMILES string of the molecule is Cc1cc(C(C)O)nc2ccc(I)cc12. The van der Waals surface area contributed by atoms with Crippen molar-refractivity contribution in [3.8, 4) is 0 Å². The number of pyridine rings is 1. The van der Waals surface area contributed by atoms with E-state index < -0.39 is 6.10 Å². The third-order valence-corrected chi connectivity index (χ3v) is 3.10. The number of aromatic nitrogens is 1. The number of halogens is 1. The lowest BCUT2D eigenvalue weighted by atomic mass is 10.1. The Labute approximate surface area is 102 Å². The van der Waals surface area contributed by atoms with Crippen molar-refractivity contribution in [3.63, 3.8) is 0 Å². The van der Waals surface area contributed by atoms with E-state index in [9.17, 15) is 5.11 Å². The van der Waals surface area contributed by atoms with Crippen molar-refractivity contribution >= 4 is 33.5 Å². The van der Waals surface area contributed by atoms with Gasteiger partial charge in [0.2, 0.25) is 0 Å². The molecule has 0 aliphatic carbocycles. The van der Waals surface area contributed by atoms with Gasteiger partial charge in [-0.25, -0.2) is 0 Å². The molecule has 1 atom stereocenters. The van der Waals surface area contributed by atoms with Gasteiger partial charge in [-0.1, -0.05) is 0 Å². The van der Waals surface area contributed by atoms with Crippen molar-refractivity contribution in [2.24, 2.45) is 0 Å². The first-order valence-electron chi connectivity index (χ1n) is 4.83. The van der Waals surface area contributed by atoms with Crippen molar-refractivity contribution in [1.29, 1.82) is 0 Å². The summed E-state index contributed by atoms with van der Waals surface area (Å²) in [5.41, 5.74) is 2.85. The Hall–Kier alpha value is -0.680. The molecular weight excluding hydrogens is 301 g/mol. The zero-order valence-electron chi connectivity index (χ0n) is 8.66. The summed E-state index contributed by atoms with van der Waals surface area (Å²) in [6.45, 7) is 3.78. The van der Waals surface area contributed by atoms with Gasteiger partial charge >= 0.3 is 0 Å². The molecule has 0 saturated heterocycles. The average Bonchev–Trinajstić information content (AvgIpc) is 2.18. The number of rotatable bonds is 1. The van der Waals surface area contributed by atoms with Crippen LogP contribution in [0.2, 0.25) is 0 Å². The molecule has 0 spiro atoms. The predicted octanol–water partition coefficient (Wildman–Crippen LogP) is 3.20. The third-order valence-electron chi connectivity index (χ3n) is 2.43. The summed E-state index contributed by atoms with van der Waals surface area (Å²) in [6.07, 6.45) is -0.507. The van der Waals surface area contributed by atoms with Crippen LogP contribution in [0.15, 0.2) is 24.3 Å². The van der Waals surface area contributed by atoms with Crippen molar-refractivity contribution < 1.29 is 5.11 Å². The Kier molecular flexibility index (Phi) is 2.93. The molecule has 0 aliphatic rings. The Morgan fingerprint density at radius 1 is 1.33 bits per heavy atom. The van der Waals surface area contributed by atoms with Gasteiger partial charge in [0.25, 0.3) is 0 Å². The first-order chi connectivity index (χ1) is 7.08. The van der Waals surface area contributed by atoms with Gasteiger partial charge in [0.15, 0.2) is 0 Å².